The highest BCUT2D eigenvalue weighted by atomic mass is 32.1. The number of anilines is 1. The van der Waals surface area contributed by atoms with Gasteiger partial charge in [-0.1, -0.05) is 19.3 Å². The van der Waals surface area contributed by atoms with Crippen LogP contribution in [0.5, 0.6) is 0 Å². The lowest BCUT2D eigenvalue weighted by atomic mass is 9.88. The van der Waals surface area contributed by atoms with Crippen LogP contribution in [0, 0.1) is 5.92 Å². The molecule has 2 amide bonds. The smallest absolute Gasteiger partial charge is 0.341 e. The van der Waals surface area contributed by atoms with Gasteiger partial charge in [-0.15, -0.1) is 11.3 Å². The number of amides is 2. The molecule has 1 aliphatic heterocycles. The van der Waals surface area contributed by atoms with E-state index in [1.165, 1.54) is 24.9 Å². The largest absolute Gasteiger partial charge is 0.465 e. The third-order valence-electron chi connectivity index (χ3n) is 5.10. The van der Waals surface area contributed by atoms with Gasteiger partial charge in [0.15, 0.2) is 0 Å². The van der Waals surface area contributed by atoms with E-state index in [0.29, 0.717) is 30.1 Å². The fourth-order valence-electron chi connectivity index (χ4n) is 3.66. The first-order chi connectivity index (χ1) is 12.0. The number of nitrogens with zero attached hydrogens (tertiary/aromatic N) is 1. The number of hydrogen-bond acceptors (Lipinski definition) is 5. The number of nitrogens with one attached hydrogen (secondary N) is 1. The minimum atomic E-state index is -0.423. The van der Waals surface area contributed by atoms with Crippen molar-refractivity contribution in [2.75, 3.05) is 19.0 Å². The van der Waals surface area contributed by atoms with E-state index in [-0.39, 0.29) is 17.7 Å². The summed E-state index contributed by atoms with van der Waals surface area (Å²) in [6.07, 6.45) is 5.76. The van der Waals surface area contributed by atoms with Gasteiger partial charge in [-0.2, -0.15) is 0 Å². The van der Waals surface area contributed by atoms with Crippen LogP contribution < -0.4 is 5.32 Å². The molecule has 1 aliphatic carbocycles. The Kier molecular flexibility index (Phi) is 5.42. The van der Waals surface area contributed by atoms with E-state index in [1.807, 2.05) is 0 Å². The van der Waals surface area contributed by atoms with Crippen LogP contribution in [0.25, 0.3) is 0 Å². The fraction of sp³-hybridized carbons (Fsp3) is 0.611. The second-order valence-electron chi connectivity index (χ2n) is 6.71. The molecule has 0 saturated heterocycles. The molecule has 0 spiro atoms. The summed E-state index contributed by atoms with van der Waals surface area (Å²) in [6.45, 7) is 2.61. The minimum absolute atomic E-state index is 0.00752. The maximum atomic E-state index is 12.6. The standard InChI is InChI=1S/C18H24N2O4S/c1-11(21)20-9-8-13-14(10-20)25-17(15(13)18(23)24-2)19-16(22)12-6-4-3-5-7-12/h12H,3-10H2,1-2H3,(H,19,22). The van der Waals surface area contributed by atoms with Crippen molar-refractivity contribution in [2.45, 2.75) is 52.0 Å². The van der Waals surface area contributed by atoms with E-state index in [9.17, 15) is 14.4 Å². The minimum Gasteiger partial charge on any atom is -0.465 e. The van der Waals surface area contributed by atoms with Gasteiger partial charge in [-0.25, -0.2) is 4.79 Å². The lowest BCUT2D eigenvalue weighted by Crippen LogP contribution is -2.34. The van der Waals surface area contributed by atoms with E-state index >= 15 is 0 Å². The van der Waals surface area contributed by atoms with Crippen LogP contribution in [0.2, 0.25) is 0 Å². The van der Waals surface area contributed by atoms with Crippen molar-refractivity contribution in [2.24, 2.45) is 5.92 Å². The first-order valence-electron chi connectivity index (χ1n) is 8.80. The summed E-state index contributed by atoms with van der Waals surface area (Å²) in [4.78, 5) is 39.2. The van der Waals surface area contributed by atoms with Crippen molar-refractivity contribution >= 4 is 34.1 Å². The van der Waals surface area contributed by atoms with Gasteiger partial charge in [0.05, 0.1) is 19.2 Å². The number of thiophene rings is 1. The summed E-state index contributed by atoms with van der Waals surface area (Å²) in [5.74, 6) is -0.391. The Bertz CT molecular complexity index is 691. The van der Waals surface area contributed by atoms with E-state index in [0.717, 1.165) is 36.1 Å². The molecule has 1 aromatic heterocycles. The zero-order valence-corrected chi connectivity index (χ0v) is 15.5. The Balaban J connectivity index is 1.86. The Labute approximate surface area is 151 Å². The predicted molar refractivity (Wildman–Crippen MR) is 95.7 cm³/mol. The van der Waals surface area contributed by atoms with Crippen LogP contribution >= 0.6 is 11.3 Å². The van der Waals surface area contributed by atoms with Crippen molar-refractivity contribution in [3.63, 3.8) is 0 Å². The molecule has 1 aromatic rings. The van der Waals surface area contributed by atoms with Crippen LogP contribution in [0.1, 0.15) is 59.8 Å². The first-order valence-corrected chi connectivity index (χ1v) is 9.62. The molecule has 7 heteroatoms. The SMILES string of the molecule is COC(=O)c1c(NC(=O)C2CCCCC2)sc2c1CCN(C(C)=O)C2. The molecule has 0 bridgehead atoms. The fourth-order valence-corrected chi connectivity index (χ4v) is 4.91. The van der Waals surface area contributed by atoms with Gasteiger partial charge in [0, 0.05) is 24.3 Å². The lowest BCUT2D eigenvalue weighted by molar-refractivity contribution is -0.129. The van der Waals surface area contributed by atoms with Crippen molar-refractivity contribution < 1.29 is 19.1 Å². The molecule has 1 N–H and O–H groups in total. The highest BCUT2D eigenvalue weighted by Crippen LogP contribution is 2.38. The van der Waals surface area contributed by atoms with Crippen LogP contribution in [0.3, 0.4) is 0 Å². The van der Waals surface area contributed by atoms with Gasteiger partial charge < -0.3 is 15.0 Å². The van der Waals surface area contributed by atoms with E-state index < -0.39 is 5.97 Å². The molecular formula is C18H24N2O4S. The summed E-state index contributed by atoms with van der Waals surface area (Å²) in [5.41, 5.74) is 1.38. The number of esters is 1. The van der Waals surface area contributed by atoms with Crippen molar-refractivity contribution in [3.8, 4) is 0 Å². The Morgan fingerprint density at radius 1 is 1.20 bits per heavy atom. The number of carbonyl (C=O) groups excluding carboxylic acids is 3. The van der Waals surface area contributed by atoms with Crippen LogP contribution in [-0.2, 0) is 27.3 Å². The molecule has 0 atom stereocenters. The summed E-state index contributed by atoms with van der Waals surface area (Å²) < 4.78 is 4.94. The average molecular weight is 364 g/mol. The van der Waals surface area contributed by atoms with Crippen LogP contribution in [0.4, 0.5) is 5.00 Å². The van der Waals surface area contributed by atoms with Crippen LogP contribution in [-0.4, -0.2) is 36.3 Å². The number of hydrogen-bond donors (Lipinski definition) is 1. The highest BCUT2D eigenvalue weighted by Gasteiger charge is 2.31. The monoisotopic (exact) mass is 364 g/mol. The Morgan fingerprint density at radius 3 is 2.56 bits per heavy atom. The topological polar surface area (TPSA) is 75.7 Å². The highest BCUT2D eigenvalue weighted by molar-refractivity contribution is 7.17. The molecule has 136 valence electrons. The molecule has 6 nitrogen and oxygen atoms in total. The summed E-state index contributed by atoms with van der Waals surface area (Å²) in [6, 6.07) is 0. The molecule has 3 rings (SSSR count). The zero-order valence-electron chi connectivity index (χ0n) is 14.7. The van der Waals surface area contributed by atoms with E-state index in [1.54, 1.807) is 11.8 Å². The van der Waals surface area contributed by atoms with Gasteiger partial charge >= 0.3 is 5.97 Å². The van der Waals surface area contributed by atoms with E-state index in [2.05, 4.69) is 5.32 Å². The second-order valence-corrected chi connectivity index (χ2v) is 7.82. The van der Waals surface area contributed by atoms with Gasteiger partial charge in [0.2, 0.25) is 11.8 Å². The summed E-state index contributed by atoms with van der Waals surface area (Å²) in [7, 11) is 1.35. The molecule has 1 fully saturated rings. The molecule has 0 radical (unpaired) electrons. The third kappa shape index (κ3) is 3.71. The maximum Gasteiger partial charge on any atom is 0.341 e. The van der Waals surface area contributed by atoms with Crippen molar-refractivity contribution in [3.05, 3.63) is 16.0 Å². The van der Waals surface area contributed by atoms with Crippen molar-refractivity contribution in [1.29, 1.82) is 0 Å². The normalized spacial score (nSPS) is 17.8. The molecule has 2 heterocycles. The van der Waals surface area contributed by atoms with Crippen molar-refractivity contribution in [1.82, 2.24) is 4.90 Å². The number of fused-ring (bicyclic) bond motifs is 1. The maximum absolute atomic E-state index is 12.6. The molecule has 25 heavy (non-hydrogen) atoms. The number of methoxy groups -OCH3 is 1. The second kappa shape index (κ2) is 7.56. The van der Waals surface area contributed by atoms with E-state index in [4.69, 9.17) is 4.74 Å². The molecular weight excluding hydrogens is 340 g/mol. The Morgan fingerprint density at radius 2 is 1.92 bits per heavy atom. The quantitative estimate of drug-likeness (QED) is 0.837. The number of ether oxygens (including phenoxy) is 1. The molecule has 2 aliphatic rings. The van der Waals surface area contributed by atoms with Gasteiger partial charge in [-0.05, 0) is 24.8 Å². The molecule has 1 saturated carbocycles. The first kappa shape index (κ1) is 17.9. The number of carbonyl (C=O) groups is 3. The van der Waals surface area contributed by atoms with Gasteiger partial charge in [0.1, 0.15) is 5.00 Å². The van der Waals surface area contributed by atoms with Crippen LogP contribution in [0.15, 0.2) is 0 Å². The molecule has 0 unspecified atom stereocenters. The Hall–Kier alpha value is -1.89. The predicted octanol–water partition coefficient (Wildman–Crippen LogP) is 2.96. The van der Waals surface area contributed by atoms with Gasteiger partial charge in [0.25, 0.3) is 0 Å². The zero-order chi connectivity index (χ0) is 18.0. The lowest BCUT2D eigenvalue weighted by Gasteiger charge is -2.25. The molecule has 0 aromatic carbocycles. The average Bonchev–Trinajstić information content (AvgIpc) is 2.98. The summed E-state index contributed by atoms with van der Waals surface area (Å²) in [5, 5.41) is 3.54. The summed E-state index contributed by atoms with van der Waals surface area (Å²) >= 11 is 1.39. The number of rotatable bonds is 3. The van der Waals surface area contributed by atoms with Gasteiger partial charge in [-0.3, -0.25) is 9.59 Å². The third-order valence-corrected chi connectivity index (χ3v) is 6.24.